The SMILES string of the molecule is CC(C)CN1CCN([C@H]2CCOC3(CCN(C(=O)c4ccncc4)CC3)C2)CC1. The molecular weight excluding hydrogens is 364 g/mol. The molecule has 0 aromatic carbocycles. The molecule has 0 aliphatic carbocycles. The van der Waals surface area contributed by atoms with Crippen molar-refractivity contribution in [2.24, 2.45) is 5.92 Å². The first-order valence-electron chi connectivity index (χ1n) is 11.3. The molecule has 6 nitrogen and oxygen atoms in total. The lowest BCUT2D eigenvalue weighted by atomic mass is 9.81. The van der Waals surface area contributed by atoms with E-state index in [0.717, 1.165) is 56.9 Å². The minimum atomic E-state index is -0.0347. The Labute approximate surface area is 175 Å². The number of ether oxygens (including phenoxy) is 1. The van der Waals surface area contributed by atoms with E-state index in [1.165, 1.54) is 32.7 Å². The Hall–Kier alpha value is -1.50. The second kappa shape index (κ2) is 9.11. The number of rotatable bonds is 4. The fourth-order valence-electron chi connectivity index (χ4n) is 5.28. The Bertz CT molecular complexity index is 665. The molecular formula is C23H36N4O2. The van der Waals surface area contributed by atoms with Crippen molar-refractivity contribution in [1.82, 2.24) is 19.7 Å². The molecule has 1 amide bonds. The highest BCUT2D eigenvalue weighted by Crippen LogP contribution is 2.37. The van der Waals surface area contributed by atoms with Gasteiger partial charge in [-0.15, -0.1) is 0 Å². The third-order valence-corrected chi connectivity index (χ3v) is 6.90. The number of piperidine rings is 1. The molecule has 3 aliphatic rings. The second-order valence-corrected chi connectivity index (χ2v) is 9.44. The van der Waals surface area contributed by atoms with Gasteiger partial charge < -0.3 is 14.5 Å². The Kier molecular flexibility index (Phi) is 6.52. The molecule has 1 atom stereocenters. The van der Waals surface area contributed by atoms with E-state index in [1.54, 1.807) is 24.5 Å². The van der Waals surface area contributed by atoms with Gasteiger partial charge in [0.2, 0.25) is 0 Å². The topological polar surface area (TPSA) is 48.9 Å². The largest absolute Gasteiger partial charge is 0.375 e. The molecule has 0 bridgehead atoms. The van der Waals surface area contributed by atoms with E-state index in [1.807, 2.05) is 4.90 Å². The molecule has 1 aromatic heterocycles. The molecule has 160 valence electrons. The van der Waals surface area contributed by atoms with Gasteiger partial charge >= 0.3 is 0 Å². The van der Waals surface area contributed by atoms with E-state index < -0.39 is 0 Å². The molecule has 29 heavy (non-hydrogen) atoms. The minimum Gasteiger partial charge on any atom is -0.375 e. The Morgan fingerprint density at radius 3 is 2.48 bits per heavy atom. The molecule has 3 saturated heterocycles. The van der Waals surface area contributed by atoms with Crippen molar-refractivity contribution in [2.45, 2.75) is 51.2 Å². The van der Waals surface area contributed by atoms with Crippen LogP contribution in [0.2, 0.25) is 0 Å². The van der Waals surface area contributed by atoms with Gasteiger partial charge in [0.05, 0.1) is 5.60 Å². The van der Waals surface area contributed by atoms with E-state index in [-0.39, 0.29) is 11.5 Å². The number of aromatic nitrogens is 1. The van der Waals surface area contributed by atoms with Gasteiger partial charge in [-0.25, -0.2) is 0 Å². The Balaban J connectivity index is 1.29. The summed E-state index contributed by atoms with van der Waals surface area (Å²) < 4.78 is 6.35. The summed E-state index contributed by atoms with van der Waals surface area (Å²) in [4.78, 5) is 24.0. The zero-order valence-corrected chi connectivity index (χ0v) is 18.1. The molecule has 4 rings (SSSR count). The van der Waals surface area contributed by atoms with Crippen molar-refractivity contribution in [1.29, 1.82) is 0 Å². The Morgan fingerprint density at radius 1 is 1.14 bits per heavy atom. The normalized spacial score (nSPS) is 26.2. The van der Waals surface area contributed by atoms with Crippen LogP contribution in [0.25, 0.3) is 0 Å². The first-order chi connectivity index (χ1) is 14.0. The zero-order valence-electron chi connectivity index (χ0n) is 18.1. The highest BCUT2D eigenvalue weighted by Gasteiger charge is 2.43. The van der Waals surface area contributed by atoms with E-state index in [0.29, 0.717) is 6.04 Å². The van der Waals surface area contributed by atoms with Crippen LogP contribution in [0, 0.1) is 5.92 Å². The first kappa shape index (κ1) is 20.8. The van der Waals surface area contributed by atoms with Crippen molar-refractivity contribution in [2.75, 3.05) is 52.4 Å². The monoisotopic (exact) mass is 400 g/mol. The van der Waals surface area contributed by atoms with Gasteiger partial charge in [-0.05, 0) is 43.7 Å². The molecule has 4 heterocycles. The Morgan fingerprint density at radius 2 is 1.83 bits per heavy atom. The molecule has 0 N–H and O–H groups in total. The molecule has 0 unspecified atom stereocenters. The van der Waals surface area contributed by atoms with Gasteiger partial charge in [-0.2, -0.15) is 0 Å². The lowest BCUT2D eigenvalue weighted by Gasteiger charge is -2.49. The highest BCUT2D eigenvalue weighted by molar-refractivity contribution is 5.94. The van der Waals surface area contributed by atoms with Crippen molar-refractivity contribution in [3.05, 3.63) is 30.1 Å². The molecule has 3 aliphatic heterocycles. The van der Waals surface area contributed by atoms with Crippen LogP contribution < -0.4 is 0 Å². The maximum absolute atomic E-state index is 12.7. The molecule has 0 radical (unpaired) electrons. The predicted octanol–water partition coefficient (Wildman–Crippen LogP) is 2.51. The van der Waals surface area contributed by atoms with E-state index in [4.69, 9.17) is 4.74 Å². The van der Waals surface area contributed by atoms with E-state index >= 15 is 0 Å². The predicted molar refractivity (Wildman–Crippen MR) is 114 cm³/mol. The van der Waals surface area contributed by atoms with Crippen molar-refractivity contribution < 1.29 is 9.53 Å². The van der Waals surface area contributed by atoms with Crippen LogP contribution in [0.5, 0.6) is 0 Å². The average molecular weight is 401 g/mol. The van der Waals surface area contributed by atoms with Gasteiger partial charge in [0.15, 0.2) is 0 Å². The second-order valence-electron chi connectivity index (χ2n) is 9.44. The van der Waals surface area contributed by atoms with Crippen molar-refractivity contribution in [3.8, 4) is 0 Å². The summed E-state index contributed by atoms with van der Waals surface area (Å²) >= 11 is 0. The molecule has 6 heteroatoms. The smallest absolute Gasteiger partial charge is 0.253 e. The number of carbonyl (C=O) groups is 1. The summed E-state index contributed by atoms with van der Waals surface area (Å²) in [6.45, 7) is 13.0. The number of carbonyl (C=O) groups excluding carboxylic acids is 1. The van der Waals surface area contributed by atoms with Crippen LogP contribution in [0.1, 0.15) is 49.9 Å². The van der Waals surface area contributed by atoms with Crippen LogP contribution in [-0.2, 0) is 4.74 Å². The first-order valence-corrected chi connectivity index (χ1v) is 11.3. The lowest BCUT2D eigenvalue weighted by Crippen LogP contribution is -2.57. The number of hydrogen-bond donors (Lipinski definition) is 0. The molecule has 1 spiro atoms. The van der Waals surface area contributed by atoms with Crippen LogP contribution in [0.3, 0.4) is 0 Å². The average Bonchev–Trinajstić information content (AvgIpc) is 2.75. The zero-order chi connectivity index (χ0) is 20.3. The minimum absolute atomic E-state index is 0.0347. The van der Waals surface area contributed by atoms with Gasteiger partial charge in [-0.3, -0.25) is 14.7 Å². The number of piperazine rings is 1. The van der Waals surface area contributed by atoms with Gasteiger partial charge in [-0.1, -0.05) is 13.8 Å². The molecule has 0 saturated carbocycles. The highest BCUT2D eigenvalue weighted by atomic mass is 16.5. The van der Waals surface area contributed by atoms with Crippen molar-refractivity contribution >= 4 is 5.91 Å². The summed E-state index contributed by atoms with van der Waals surface area (Å²) in [6, 6.07) is 4.24. The number of pyridine rings is 1. The summed E-state index contributed by atoms with van der Waals surface area (Å²) in [6.07, 6.45) is 7.55. The maximum atomic E-state index is 12.7. The summed E-state index contributed by atoms with van der Waals surface area (Å²) in [5, 5.41) is 0. The van der Waals surface area contributed by atoms with E-state index in [2.05, 4.69) is 28.6 Å². The van der Waals surface area contributed by atoms with E-state index in [9.17, 15) is 4.79 Å². The number of hydrogen-bond acceptors (Lipinski definition) is 5. The van der Waals surface area contributed by atoms with Crippen LogP contribution in [0.15, 0.2) is 24.5 Å². The lowest BCUT2D eigenvalue weighted by molar-refractivity contribution is -0.132. The van der Waals surface area contributed by atoms with Crippen molar-refractivity contribution in [3.63, 3.8) is 0 Å². The third kappa shape index (κ3) is 4.98. The van der Waals surface area contributed by atoms with Gasteiger partial charge in [0.25, 0.3) is 5.91 Å². The van der Waals surface area contributed by atoms with Gasteiger partial charge in [0.1, 0.15) is 0 Å². The number of nitrogens with zero attached hydrogens (tertiary/aromatic N) is 4. The van der Waals surface area contributed by atoms with Crippen LogP contribution >= 0.6 is 0 Å². The molecule has 3 fully saturated rings. The summed E-state index contributed by atoms with van der Waals surface area (Å²) in [5.74, 6) is 0.865. The quantitative estimate of drug-likeness (QED) is 0.777. The van der Waals surface area contributed by atoms with Gasteiger partial charge in [0, 0.05) is 76.4 Å². The third-order valence-electron chi connectivity index (χ3n) is 6.90. The van der Waals surface area contributed by atoms with Crippen LogP contribution in [-0.4, -0.2) is 89.7 Å². The number of likely N-dealkylation sites (tertiary alicyclic amines) is 1. The summed E-state index contributed by atoms with van der Waals surface area (Å²) in [5.41, 5.74) is 0.699. The maximum Gasteiger partial charge on any atom is 0.253 e. The van der Waals surface area contributed by atoms with Crippen LogP contribution in [0.4, 0.5) is 0 Å². The fraction of sp³-hybridized carbons (Fsp3) is 0.739. The fourth-order valence-corrected chi connectivity index (χ4v) is 5.28. The summed E-state index contributed by atoms with van der Waals surface area (Å²) in [7, 11) is 0. The standard InChI is InChI=1S/C23H36N4O2/c1-19(2)18-25-12-14-26(15-13-25)21-5-16-29-23(17-21)6-10-27(11-7-23)22(28)20-3-8-24-9-4-20/h3-4,8-9,19,21H,5-7,10-18H2,1-2H3/t21-/m0/s1. The number of amides is 1. The molecule has 1 aromatic rings.